The number of fused-ring (bicyclic) bond motifs is 1. The van der Waals surface area contributed by atoms with E-state index in [1.54, 1.807) is 51.1 Å². The Morgan fingerprint density at radius 2 is 2.07 bits per heavy atom. The Balaban J connectivity index is 1.64. The molecule has 1 aliphatic heterocycles. The Hall–Kier alpha value is -3.40. The number of nitrogens with zero attached hydrogens (tertiary/aromatic N) is 6. The zero-order valence-corrected chi connectivity index (χ0v) is 24.2. The number of azide groups is 1. The summed E-state index contributed by atoms with van der Waals surface area (Å²) in [6.07, 6.45) is -4.08. The van der Waals surface area contributed by atoms with Gasteiger partial charge in [0.1, 0.15) is 29.8 Å². The van der Waals surface area contributed by atoms with Gasteiger partial charge in [-0.2, -0.15) is 0 Å². The smallest absolute Gasteiger partial charge is 0.323 e. The molecule has 3 heterocycles. The van der Waals surface area contributed by atoms with Gasteiger partial charge in [-0.3, -0.25) is 14.2 Å². The third kappa shape index (κ3) is 6.58. The normalized spacial score (nSPS) is 24.5. The van der Waals surface area contributed by atoms with Crippen LogP contribution in [0.1, 0.15) is 32.8 Å². The number of H-pyrrole nitrogens is 1. The van der Waals surface area contributed by atoms with Crippen LogP contribution >= 0.6 is 6.64 Å². The number of para-hydroxylation sites is 1. The Morgan fingerprint density at radius 1 is 1.37 bits per heavy atom. The molecule has 16 nitrogen and oxygen atoms in total. The highest BCUT2D eigenvalue weighted by molar-refractivity contribution is 8.09. The van der Waals surface area contributed by atoms with E-state index in [2.05, 4.69) is 30.1 Å². The van der Waals surface area contributed by atoms with E-state index in [4.69, 9.17) is 30.3 Å². The van der Waals surface area contributed by atoms with E-state index in [0.717, 1.165) is 0 Å². The summed E-state index contributed by atoms with van der Waals surface area (Å²) in [5.41, 5.74) is 6.66. The topological polar surface area (TPSA) is 219 Å². The fourth-order valence-corrected chi connectivity index (χ4v) is 6.44. The number of carbonyl (C=O) groups is 1. The van der Waals surface area contributed by atoms with E-state index < -0.39 is 55.0 Å². The predicted octanol–water partition coefficient (Wildman–Crippen LogP) is 1.94. The summed E-state index contributed by atoms with van der Waals surface area (Å²) >= 11 is 5.68. The lowest BCUT2D eigenvalue weighted by Gasteiger charge is -2.31. The van der Waals surface area contributed by atoms with Crippen LogP contribution in [-0.2, 0) is 30.6 Å². The van der Waals surface area contributed by atoms with Crippen LogP contribution in [0.15, 0.2) is 46.6 Å². The number of ether oxygens (including phenoxy) is 2. The highest BCUT2D eigenvalue weighted by Crippen LogP contribution is 2.48. The maximum Gasteiger partial charge on any atom is 0.323 e. The van der Waals surface area contributed by atoms with Crippen LogP contribution in [0.3, 0.4) is 0 Å². The molecule has 1 aliphatic rings. The number of nitrogens with one attached hydrogen (secondary N) is 2. The summed E-state index contributed by atoms with van der Waals surface area (Å²) in [6, 6.07) is 7.43. The molecular formula is C23H29N8O8PS. The van der Waals surface area contributed by atoms with Crippen LogP contribution in [-0.4, -0.2) is 72.4 Å². The number of aryl methyl sites for hydroxylation is 1. The van der Waals surface area contributed by atoms with Crippen molar-refractivity contribution in [2.75, 3.05) is 6.61 Å². The largest absolute Gasteiger partial charge is 0.462 e. The molecule has 0 saturated carbocycles. The first-order chi connectivity index (χ1) is 19.4. The van der Waals surface area contributed by atoms with Gasteiger partial charge >= 0.3 is 12.6 Å². The van der Waals surface area contributed by atoms with Crippen LogP contribution in [0.4, 0.5) is 0 Å². The summed E-state index contributed by atoms with van der Waals surface area (Å²) in [6.45, 7) is 2.11. The molecule has 0 amide bonds. The average molecular weight is 609 g/mol. The molecule has 0 radical (unpaired) electrons. The van der Waals surface area contributed by atoms with Crippen molar-refractivity contribution in [1.82, 2.24) is 24.6 Å². The van der Waals surface area contributed by atoms with Crippen molar-refractivity contribution in [3.8, 4) is 5.75 Å². The fourth-order valence-electron chi connectivity index (χ4n) is 4.03. The number of aromatic amines is 1. The molecule has 4 unspecified atom stereocenters. The van der Waals surface area contributed by atoms with Crippen molar-refractivity contribution in [2.45, 2.75) is 64.0 Å². The van der Waals surface area contributed by atoms with Gasteiger partial charge in [0.05, 0.1) is 19.0 Å². The standard InChI is InChI=1S/C23H29N8O8PS/c1-12(2)37-22(35)13(3)28-40(41,39-15-8-6-5-7-9-15)36-10-23(29-30-24)18(33)17(32)21(38-23)31-11-25-16-19(31)26-14(4)27-20(16)34/h5-9,11-13,17-18,21,32-33H,10H2,1-4H3,(H,28,41)(H,26,27,34)/t13?,17?,18?,21-,23-,40?/m1/s1. The monoisotopic (exact) mass is 608 g/mol. The lowest BCUT2D eigenvalue weighted by atomic mass is 10.1. The second-order valence-corrected chi connectivity index (χ2v) is 12.6. The van der Waals surface area contributed by atoms with Crippen LogP contribution in [0.25, 0.3) is 21.6 Å². The zero-order valence-electron chi connectivity index (χ0n) is 22.4. The van der Waals surface area contributed by atoms with Gasteiger partial charge < -0.3 is 33.7 Å². The highest BCUT2D eigenvalue weighted by atomic mass is 32.5. The van der Waals surface area contributed by atoms with E-state index in [-0.39, 0.29) is 23.1 Å². The number of esters is 1. The van der Waals surface area contributed by atoms with Gasteiger partial charge in [-0.05, 0) is 57.2 Å². The Labute approximate surface area is 238 Å². The first-order valence-electron chi connectivity index (χ1n) is 12.4. The van der Waals surface area contributed by atoms with Crippen LogP contribution in [0.5, 0.6) is 5.75 Å². The quantitative estimate of drug-likeness (QED) is 0.0807. The second kappa shape index (κ2) is 12.2. The van der Waals surface area contributed by atoms with Gasteiger partial charge in [0.15, 0.2) is 17.4 Å². The summed E-state index contributed by atoms with van der Waals surface area (Å²) in [5, 5.41) is 28.5. The summed E-state index contributed by atoms with van der Waals surface area (Å²) < 4.78 is 24.3. The van der Waals surface area contributed by atoms with Gasteiger partial charge in [0, 0.05) is 4.91 Å². The molecule has 1 saturated heterocycles. The minimum absolute atomic E-state index is 0.0309. The zero-order chi connectivity index (χ0) is 29.9. The van der Waals surface area contributed by atoms with Crippen LogP contribution in [0, 0.1) is 6.92 Å². The molecule has 41 heavy (non-hydrogen) atoms. The minimum Gasteiger partial charge on any atom is -0.462 e. The van der Waals surface area contributed by atoms with Crippen molar-refractivity contribution in [3.63, 3.8) is 0 Å². The number of rotatable bonds is 11. The fraction of sp³-hybridized carbons (Fsp3) is 0.478. The van der Waals surface area contributed by atoms with E-state index >= 15 is 0 Å². The number of hydrogen-bond acceptors (Lipinski definition) is 12. The molecule has 4 rings (SSSR count). The average Bonchev–Trinajstić information content (AvgIpc) is 3.43. The van der Waals surface area contributed by atoms with Gasteiger partial charge in [0.25, 0.3) is 5.56 Å². The second-order valence-electron chi connectivity index (χ2n) is 9.47. The number of aliphatic hydroxyl groups excluding tert-OH is 2. The lowest BCUT2D eigenvalue weighted by Crippen LogP contribution is -2.45. The number of hydrogen-bond donors (Lipinski definition) is 4. The summed E-state index contributed by atoms with van der Waals surface area (Å²) in [7, 11) is 0. The molecule has 0 bridgehead atoms. The number of carbonyl (C=O) groups excluding carboxylic acids is 1. The maximum atomic E-state index is 12.5. The third-order valence-corrected chi connectivity index (χ3v) is 8.39. The van der Waals surface area contributed by atoms with Gasteiger partial charge in [-0.15, -0.1) is 0 Å². The molecule has 1 fully saturated rings. The van der Waals surface area contributed by atoms with Crippen molar-refractivity contribution in [2.24, 2.45) is 5.11 Å². The molecule has 1 aromatic carbocycles. The van der Waals surface area contributed by atoms with Crippen molar-refractivity contribution in [3.05, 3.63) is 63.3 Å². The van der Waals surface area contributed by atoms with Gasteiger partial charge in [-0.1, -0.05) is 23.3 Å². The Kier molecular flexibility index (Phi) is 9.11. The molecule has 2 aromatic heterocycles. The molecule has 4 N–H and O–H groups in total. The van der Waals surface area contributed by atoms with Crippen molar-refractivity contribution < 1.29 is 33.5 Å². The number of benzene rings is 1. The molecular weight excluding hydrogens is 579 g/mol. The van der Waals surface area contributed by atoms with E-state index in [9.17, 15) is 25.3 Å². The molecule has 0 spiro atoms. The molecule has 0 aliphatic carbocycles. The SMILES string of the molecule is Cc1nc2c(ncn2[C@@H]2O[C@@](COP(=S)(NC(C)C(=O)OC(C)C)Oc3ccccc3)(N=[N+]=[N-])C(O)C2O)c(=O)[nH]1. The third-order valence-electron chi connectivity index (χ3n) is 5.91. The number of aromatic nitrogens is 4. The minimum atomic E-state index is -3.64. The highest BCUT2D eigenvalue weighted by Gasteiger charge is 2.56. The predicted molar refractivity (Wildman–Crippen MR) is 148 cm³/mol. The Morgan fingerprint density at radius 3 is 2.73 bits per heavy atom. The molecule has 18 heteroatoms. The van der Waals surface area contributed by atoms with Crippen LogP contribution in [0.2, 0.25) is 0 Å². The van der Waals surface area contributed by atoms with Crippen LogP contribution < -0.4 is 15.2 Å². The van der Waals surface area contributed by atoms with Crippen molar-refractivity contribution >= 4 is 35.6 Å². The molecule has 3 aromatic rings. The summed E-state index contributed by atoms with van der Waals surface area (Å²) in [5.74, 6) is -0.0264. The van der Waals surface area contributed by atoms with E-state index in [1.165, 1.54) is 17.8 Å². The summed E-state index contributed by atoms with van der Waals surface area (Å²) in [4.78, 5) is 38.4. The number of aliphatic hydroxyl groups is 2. The number of imidazole rings is 1. The van der Waals surface area contributed by atoms with Gasteiger partial charge in [-0.25, -0.2) is 15.1 Å². The first-order valence-corrected chi connectivity index (χ1v) is 15.0. The maximum absolute atomic E-state index is 12.5. The first kappa shape index (κ1) is 30.6. The van der Waals surface area contributed by atoms with Gasteiger partial charge in [0.2, 0.25) is 5.72 Å². The van der Waals surface area contributed by atoms with Crippen molar-refractivity contribution in [1.29, 1.82) is 0 Å². The molecule has 220 valence electrons. The molecule has 6 atom stereocenters. The van der Waals surface area contributed by atoms with E-state index in [1.807, 2.05) is 0 Å². The lowest BCUT2D eigenvalue weighted by molar-refractivity contribution is -0.149. The van der Waals surface area contributed by atoms with E-state index in [0.29, 0.717) is 5.75 Å². The Bertz CT molecular complexity index is 1560.